The topological polar surface area (TPSA) is 103 Å². The van der Waals surface area contributed by atoms with Crippen molar-refractivity contribution in [2.75, 3.05) is 36.0 Å². The number of aliphatic carboxylic acids is 1. The number of ether oxygens (including phenoxy) is 1. The summed E-state index contributed by atoms with van der Waals surface area (Å²) >= 11 is 0. The van der Waals surface area contributed by atoms with Gasteiger partial charge in [-0.05, 0) is 48.5 Å². The first-order chi connectivity index (χ1) is 14.1. The highest BCUT2D eigenvalue weighted by atomic mass is 16.5. The van der Waals surface area contributed by atoms with Gasteiger partial charge >= 0.3 is 5.97 Å². The van der Waals surface area contributed by atoms with Crippen molar-refractivity contribution in [1.29, 1.82) is 5.41 Å². The van der Waals surface area contributed by atoms with E-state index in [4.69, 9.17) is 15.9 Å². The number of benzene rings is 2. The monoisotopic (exact) mass is 410 g/mol. The second-order valence-corrected chi connectivity index (χ2v) is 8.63. The van der Waals surface area contributed by atoms with Gasteiger partial charge < -0.3 is 25.4 Å². The smallest absolute Gasteiger partial charge is 0.345 e. The second-order valence-electron chi connectivity index (χ2n) is 8.63. The van der Waals surface area contributed by atoms with Crippen molar-refractivity contribution in [3.05, 3.63) is 54.1 Å². The zero-order valence-electron chi connectivity index (χ0n) is 17.8. The summed E-state index contributed by atoms with van der Waals surface area (Å²) in [7, 11) is 0. The Labute approximate surface area is 177 Å². The Morgan fingerprint density at radius 1 is 0.967 bits per heavy atom. The van der Waals surface area contributed by atoms with Crippen LogP contribution in [0.3, 0.4) is 0 Å². The molecule has 1 unspecified atom stereocenters. The molecule has 1 fully saturated rings. The maximum atomic E-state index is 11.5. The Kier molecular flexibility index (Phi) is 6.20. The molecule has 4 N–H and O–H groups in total. The van der Waals surface area contributed by atoms with Crippen molar-refractivity contribution in [3.8, 4) is 5.75 Å². The zero-order chi connectivity index (χ0) is 21.9. The van der Waals surface area contributed by atoms with Gasteiger partial charge in [0.25, 0.3) is 0 Å². The highest BCUT2D eigenvalue weighted by Gasteiger charge is 2.33. The van der Waals surface area contributed by atoms with Crippen molar-refractivity contribution in [2.45, 2.75) is 26.9 Å². The molecular weight excluding hydrogens is 380 g/mol. The summed E-state index contributed by atoms with van der Waals surface area (Å²) in [6.07, 6.45) is -0.902. The average molecular weight is 411 g/mol. The Hall–Kier alpha value is -3.22. The number of carboxylic acid groups (broad SMARTS) is 1. The fourth-order valence-electron chi connectivity index (χ4n) is 3.54. The summed E-state index contributed by atoms with van der Waals surface area (Å²) in [6.45, 7) is 9.11. The second kappa shape index (κ2) is 8.65. The van der Waals surface area contributed by atoms with Crippen LogP contribution in [0.2, 0.25) is 0 Å². The molecular formula is C23H30N4O3. The molecule has 30 heavy (non-hydrogen) atoms. The molecule has 0 aromatic heterocycles. The van der Waals surface area contributed by atoms with E-state index in [9.17, 15) is 9.90 Å². The van der Waals surface area contributed by atoms with E-state index < -0.39 is 17.5 Å². The van der Waals surface area contributed by atoms with Crippen molar-refractivity contribution in [3.63, 3.8) is 0 Å². The summed E-state index contributed by atoms with van der Waals surface area (Å²) in [5, 5.41) is 16.9. The standard InChI is InChI=1S/C23H30N4O3/c1-23(2,3)20(22(28)29)30-19-10-8-18(9-11-19)27-14-12-26(13-15-27)17-6-4-16(5-7-17)21(24)25/h4-11,20H,12-15H2,1-3H3,(H3,24,25)(H,28,29). The quantitative estimate of drug-likeness (QED) is 0.499. The Morgan fingerprint density at radius 3 is 1.77 bits per heavy atom. The number of anilines is 2. The van der Waals surface area contributed by atoms with E-state index in [0.717, 1.165) is 43.1 Å². The predicted molar refractivity (Wildman–Crippen MR) is 120 cm³/mol. The molecule has 0 aliphatic carbocycles. The molecule has 1 atom stereocenters. The summed E-state index contributed by atoms with van der Waals surface area (Å²) in [5.74, 6) is -0.319. The van der Waals surface area contributed by atoms with Gasteiger partial charge in [-0.3, -0.25) is 5.41 Å². The third kappa shape index (κ3) is 5.03. The molecule has 3 rings (SSSR count). The first-order valence-electron chi connectivity index (χ1n) is 10.1. The predicted octanol–water partition coefficient (Wildman–Crippen LogP) is 3.18. The molecule has 1 heterocycles. The van der Waals surface area contributed by atoms with Gasteiger partial charge in [0.1, 0.15) is 11.6 Å². The zero-order valence-corrected chi connectivity index (χ0v) is 17.8. The number of piperazine rings is 1. The van der Waals surface area contributed by atoms with E-state index in [1.54, 1.807) is 0 Å². The van der Waals surface area contributed by atoms with Crippen LogP contribution in [-0.2, 0) is 4.79 Å². The lowest BCUT2D eigenvalue weighted by atomic mass is 9.89. The van der Waals surface area contributed by atoms with Crippen LogP contribution in [0.5, 0.6) is 5.75 Å². The molecule has 160 valence electrons. The third-order valence-corrected chi connectivity index (χ3v) is 5.29. The number of carboxylic acids is 1. The molecule has 1 aliphatic rings. The largest absolute Gasteiger partial charge is 0.478 e. The number of amidine groups is 1. The van der Waals surface area contributed by atoms with E-state index >= 15 is 0 Å². The lowest BCUT2D eigenvalue weighted by Crippen LogP contribution is -2.46. The minimum atomic E-state index is -0.959. The number of hydrogen-bond acceptors (Lipinski definition) is 5. The van der Waals surface area contributed by atoms with Crippen LogP contribution in [-0.4, -0.2) is 49.2 Å². The maximum Gasteiger partial charge on any atom is 0.345 e. The molecule has 0 saturated carbocycles. The highest BCUT2D eigenvalue weighted by molar-refractivity contribution is 5.95. The van der Waals surface area contributed by atoms with Gasteiger partial charge in [-0.15, -0.1) is 0 Å². The van der Waals surface area contributed by atoms with Crippen LogP contribution in [0.25, 0.3) is 0 Å². The van der Waals surface area contributed by atoms with Crippen LogP contribution >= 0.6 is 0 Å². The molecule has 0 bridgehead atoms. The van der Waals surface area contributed by atoms with E-state index in [-0.39, 0.29) is 5.84 Å². The van der Waals surface area contributed by atoms with E-state index in [1.807, 2.05) is 69.3 Å². The van der Waals surface area contributed by atoms with E-state index in [2.05, 4.69) is 9.80 Å². The minimum absolute atomic E-state index is 0.0796. The Balaban J connectivity index is 1.59. The van der Waals surface area contributed by atoms with Crippen LogP contribution < -0.4 is 20.3 Å². The fourth-order valence-corrected chi connectivity index (χ4v) is 3.54. The van der Waals surface area contributed by atoms with Crippen LogP contribution in [0, 0.1) is 10.8 Å². The van der Waals surface area contributed by atoms with Gasteiger partial charge in [0, 0.05) is 48.5 Å². The van der Waals surface area contributed by atoms with E-state index in [0.29, 0.717) is 5.75 Å². The fraction of sp³-hybridized carbons (Fsp3) is 0.391. The summed E-state index contributed by atoms with van der Waals surface area (Å²) in [5.41, 5.74) is 7.98. The van der Waals surface area contributed by atoms with E-state index in [1.165, 1.54) is 0 Å². The Morgan fingerprint density at radius 2 is 1.40 bits per heavy atom. The minimum Gasteiger partial charge on any atom is -0.478 e. The number of hydrogen-bond donors (Lipinski definition) is 3. The Bertz CT molecular complexity index is 880. The van der Waals surface area contributed by atoms with Gasteiger partial charge in [-0.1, -0.05) is 20.8 Å². The number of carbonyl (C=O) groups is 1. The van der Waals surface area contributed by atoms with Gasteiger partial charge in [-0.2, -0.15) is 0 Å². The van der Waals surface area contributed by atoms with Crippen LogP contribution in [0.15, 0.2) is 48.5 Å². The molecule has 1 aliphatic heterocycles. The molecule has 7 nitrogen and oxygen atoms in total. The lowest BCUT2D eigenvalue weighted by Gasteiger charge is -2.37. The highest BCUT2D eigenvalue weighted by Crippen LogP contribution is 2.27. The molecule has 7 heteroatoms. The van der Waals surface area contributed by atoms with Crippen molar-refractivity contribution in [2.24, 2.45) is 11.1 Å². The molecule has 2 aromatic carbocycles. The number of rotatable bonds is 6. The SMILES string of the molecule is CC(C)(C)C(Oc1ccc(N2CCN(c3ccc(C(=N)N)cc3)CC2)cc1)C(=O)O. The van der Waals surface area contributed by atoms with Gasteiger partial charge in [-0.25, -0.2) is 4.79 Å². The molecule has 2 aromatic rings. The summed E-state index contributed by atoms with van der Waals surface area (Å²) in [6, 6.07) is 15.4. The number of nitrogen functional groups attached to an aromatic ring is 1. The number of nitrogens with two attached hydrogens (primary N) is 1. The first-order valence-corrected chi connectivity index (χ1v) is 10.1. The maximum absolute atomic E-state index is 11.5. The van der Waals surface area contributed by atoms with Gasteiger partial charge in [0.15, 0.2) is 6.10 Å². The van der Waals surface area contributed by atoms with Crippen molar-refractivity contribution < 1.29 is 14.6 Å². The lowest BCUT2D eigenvalue weighted by molar-refractivity contribution is -0.150. The number of nitrogens with one attached hydrogen (secondary N) is 1. The summed E-state index contributed by atoms with van der Waals surface area (Å²) in [4.78, 5) is 16.1. The molecule has 1 saturated heterocycles. The van der Waals surface area contributed by atoms with Crippen LogP contribution in [0.4, 0.5) is 11.4 Å². The number of nitrogens with zero attached hydrogens (tertiary/aromatic N) is 2. The first kappa shape index (κ1) is 21.5. The van der Waals surface area contributed by atoms with Gasteiger partial charge in [0.2, 0.25) is 0 Å². The van der Waals surface area contributed by atoms with Crippen molar-refractivity contribution >= 4 is 23.2 Å². The van der Waals surface area contributed by atoms with Crippen LogP contribution in [0.1, 0.15) is 26.3 Å². The molecule has 0 amide bonds. The summed E-state index contributed by atoms with van der Waals surface area (Å²) < 4.78 is 5.73. The van der Waals surface area contributed by atoms with Gasteiger partial charge in [0.05, 0.1) is 0 Å². The molecule has 0 radical (unpaired) electrons. The molecule has 0 spiro atoms. The average Bonchev–Trinajstić information content (AvgIpc) is 2.71. The normalized spacial score (nSPS) is 15.6. The third-order valence-electron chi connectivity index (χ3n) is 5.29. The van der Waals surface area contributed by atoms with Crippen molar-refractivity contribution in [1.82, 2.24) is 0 Å².